The molecule has 1 aromatic heterocycles. The molecule has 2 heterocycles. The van der Waals surface area contributed by atoms with Crippen LogP contribution < -0.4 is 10.6 Å². The van der Waals surface area contributed by atoms with Gasteiger partial charge in [-0.2, -0.15) is 0 Å². The minimum absolute atomic E-state index is 0.157. The summed E-state index contributed by atoms with van der Waals surface area (Å²) in [6, 6.07) is 15.9. The number of nitrogens with one attached hydrogen (secondary N) is 2. The first-order valence-electron chi connectivity index (χ1n) is 9.65. The molecule has 0 saturated heterocycles. The number of carbonyl (C=O) groups excluding carboxylic acids is 3. The van der Waals surface area contributed by atoms with Crippen LogP contribution >= 0.6 is 0 Å². The Morgan fingerprint density at radius 1 is 1.16 bits per heavy atom. The number of urea groups is 1. The number of hydrogen-bond acceptors (Lipinski definition) is 4. The average Bonchev–Trinajstić information content (AvgIpc) is 3.09. The van der Waals surface area contributed by atoms with Gasteiger partial charge in [0.15, 0.2) is 0 Å². The van der Waals surface area contributed by atoms with Crippen molar-refractivity contribution in [2.24, 2.45) is 0 Å². The van der Waals surface area contributed by atoms with Gasteiger partial charge in [0, 0.05) is 30.4 Å². The Hall–Kier alpha value is -4.07. The third kappa shape index (κ3) is 4.42. The normalized spacial score (nSPS) is 13.5. The van der Waals surface area contributed by atoms with E-state index in [0.29, 0.717) is 12.1 Å². The highest BCUT2D eigenvalue weighted by Crippen LogP contribution is 2.27. The van der Waals surface area contributed by atoms with Crippen molar-refractivity contribution in [2.45, 2.75) is 12.6 Å². The molecule has 0 fully saturated rings. The molecule has 31 heavy (non-hydrogen) atoms. The Labute approximate surface area is 177 Å². The Kier molecular flexibility index (Phi) is 5.70. The third-order valence-electron chi connectivity index (χ3n) is 5.12. The minimum atomic E-state index is -0.677. The molecule has 7 nitrogen and oxygen atoms in total. The number of pyridine rings is 1. The number of benzene rings is 2. The predicted octanol–water partition coefficient (Wildman–Crippen LogP) is 3.04. The van der Waals surface area contributed by atoms with Gasteiger partial charge in [-0.1, -0.05) is 36.4 Å². The molecule has 3 aromatic rings. The molecular formula is C23H19FN4O3. The summed E-state index contributed by atoms with van der Waals surface area (Å²) in [5.41, 5.74) is 3.51. The molecule has 1 aliphatic rings. The van der Waals surface area contributed by atoms with E-state index in [0.717, 1.165) is 22.4 Å². The van der Waals surface area contributed by atoms with E-state index in [2.05, 4.69) is 15.6 Å². The van der Waals surface area contributed by atoms with Crippen LogP contribution in [0.2, 0.25) is 0 Å². The summed E-state index contributed by atoms with van der Waals surface area (Å²) in [6.45, 7) is 0.471. The number of fused-ring (bicyclic) bond motifs is 1. The Bertz CT molecular complexity index is 1120. The van der Waals surface area contributed by atoms with E-state index in [9.17, 15) is 18.8 Å². The molecule has 0 saturated carbocycles. The fourth-order valence-electron chi connectivity index (χ4n) is 3.61. The second kappa shape index (κ2) is 8.74. The van der Waals surface area contributed by atoms with E-state index in [1.54, 1.807) is 17.2 Å². The zero-order valence-corrected chi connectivity index (χ0v) is 16.4. The van der Waals surface area contributed by atoms with Crippen molar-refractivity contribution in [3.8, 4) is 11.3 Å². The van der Waals surface area contributed by atoms with Gasteiger partial charge in [0.05, 0.1) is 11.7 Å². The van der Waals surface area contributed by atoms with Gasteiger partial charge in [-0.15, -0.1) is 0 Å². The summed E-state index contributed by atoms with van der Waals surface area (Å²) >= 11 is 0. The minimum Gasteiger partial charge on any atom is -0.332 e. The molecular weight excluding hydrogens is 399 g/mol. The Balaban J connectivity index is 1.57. The van der Waals surface area contributed by atoms with Crippen molar-refractivity contribution in [3.05, 3.63) is 89.4 Å². The molecule has 8 heteroatoms. The van der Waals surface area contributed by atoms with E-state index in [1.165, 1.54) is 12.1 Å². The number of imide groups is 1. The largest absolute Gasteiger partial charge is 0.332 e. The fourth-order valence-corrected chi connectivity index (χ4v) is 3.61. The maximum atomic E-state index is 13.6. The van der Waals surface area contributed by atoms with E-state index < -0.39 is 17.9 Å². The number of halogens is 1. The molecule has 0 aliphatic carbocycles. The van der Waals surface area contributed by atoms with E-state index >= 15 is 0 Å². The SMILES string of the molecule is O=CNC(=O)N[C@@H](CN1Cc2ccc(F)cc2C1=O)c1ccc(-c2ccccn2)cc1. The van der Waals surface area contributed by atoms with Crippen molar-refractivity contribution >= 4 is 18.3 Å². The second-order valence-electron chi connectivity index (χ2n) is 7.11. The maximum absolute atomic E-state index is 13.6. The summed E-state index contributed by atoms with van der Waals surface area (Å²) in [5.74, 6) is -0.777. The monoisotopic (exact) mass is 418 g/mol. The number of carbonyl (C=O) groups is 3. The van der Waals surface area contributed by atoms with Crippen LogP contribution in [0.4, 0.5) is 9.18 Å². The van der Waals surface area contributed by atoms with Crippen LogP contribution in [-0.4, -0.2) is 34.8 Å². The Morgan fingerprint density at radius 2 is 1.97 bits per heavy atom. The lowest BCUT2D eigenvalue weighted by molar-refractivity contribution is -0.108. The quantitative estimate of drug-likeness (QED) is 0.602. The van der Waals surface area contributed by atoms with Crippen molar-refractivity contribution in [2.75, 3.05) is 6.54 Å². The molecule has 156 valence electrons. The molecule has 2 aromatic carbocycles. The molecule has 0 radical (unpaired) electrons. The highest BCUT2D eigenvalue weighted by molar-refractivity contribution is 5.98. The van der Waals surface area contributed by atoms with Crippen LogP contribution in [0, 0.1) is 5.82 Å². The van der Waals surface area contributed by atoms with Gasteiger partial charge in [0.1, 0.15) is 5.82 Å². The number of amides is 4. The molecule has 4 amide bonds. The summed E-state index contributed by atoms with van der Waals surface area (Å²) in [4.78, 5) is 41.2. The van der Waals surface area contributed by atoms with E-state index in [1.807, 2.05) is 42.5 Å². The number of rotatable bonds is 6. The standard InChI is InChI=1S/C23H19FN4O3/c24-18-9-8-17-12-28(22(30)19(17)11-18)13-21(27-23(31)26-14-29)16-6-4-15(5-7-16)20-3-1-2-10-25-20/h1-11,14,21H,12-13H2,(H2,26,27,29,31)/t21-/m0/s1. The number of aromatic nitrogens is 1. The van der Waals surface area contributed by atoms with Crippen molar-refractivity contribution in [3.63, 3.8) is 0 Å². The number of nitrogens with zero attached hydrogens (tertiary/aromatic N) is 2. The van der Waals surface area contributed by atoms with Gasteiger partial charge in [-0.3, -0.25) is 19.9 Å². The first-order chi connectivity index (χ1) is 15.0. The fraction of sp³-hybridized carbons (Fsp3) is 0.130. The first-order valence-corrected chi connectivity index (χ1v) is 9.65. The van der Waals surface area contributed by atoms with E-state index in [4.69, 9.17) is 0 Å². The van der Waals surface area contributed by atoms with Gasteiger partial charge < -0.3 is 10.2 Å². The topological polar surface area (TPSA) is 91.4 Å². The molecule has 0 bridgehead atoms. The highest BCUT2D eigenvalue weighted by Gasteiger charge is 2.30. The smallest absolute Gasteiger partial charge is 0.321 e. The van der Waals surface area contributed by atoms with Crippen LogP contribution in [-0.2, 0) is 11.3 Å². The summed E-state index contributed by atoms with van der Waals surface area (Å²) in [7, 11) is 0. The van der Waals surface area contributed by atoms with Gasteiger partial charge >= 0.3 is 6.03 Å². The zero-order chi connectivity index (χ0) is 21.8. The highest BCUT2D eigenvalue weighted by atomic mass is 19.1. The van der Waals surface area contributed by atoms with E-state index in [-0.39, 0.29) is 18.9 Å². The van der Waals surface area contributed by atoms with Crippen LogP contribution in [0.15, 0.2) is 66.9 Å². The van der Waals surface area contributed by atoms with Gasteiger partial charge in [0.2, 0.25) is 6.41 Å². The lowest BCUT2D eigenvalue weighted by Gasteiger charge is -2.25. The third-order valence-corrected chi connectivity index (χ3v) is 5.12. The molecule has 4 rings (SSSR count). The molecule has 1 aliphatic heterocycles. The number of hydrogen-bond donors (Lipinski definition) is 2. The van der Waals surface area contributed by atoms with Crippen molar-refractivity contribution in [1.82, 2.24) is 20.5 Å². The van der Waals surface area contributed by atoms with Crippen LogP contribution in [0.3, 0.4) is 0 Å². The van der Waals surface area contributed by atoms with Gasteiger partial charge in [-0.25, -0.2) is 9.18 Å². The first kappa shape index (κ1) is 20.2. The van der Waals surface area contributed by atoms with Gasteiger partial charge in [0.25, 0.3) is 5.91 Å². The lowest BCUT2D eigenvalue weighted by Crippen LogP contribution is -2.42. The van der Waals surface area contributed by atoms with Crippen LogP contribution in [0.5, 0.6) is 0 Å². The average molecular weight is 418 g/mol. The van der Waals surface area contributed by atoms with Gasteiger partial charge in [-0.05, 0) is 35.4 Å². The summed E-state index contributed by atoms with van der Waals surface area (Å²) in [6.07, 6.45) is 1.99. The second-order valence-corrected chi connectivity index (χ2v) is 7.11. The van der Waals surface area contributed by atoms with Crippen LogP contribution in [0.1, 0.15) is 27.5 Å². The Morgan fingerprint density at radius 3 is 2.68 bits per heavy atom. The van der Waals surface area contributed by atoms with Crippen molar-refractivity contribution < 1.29 is 18.8 Å². The maximum Gasteiger partial charge on any atom is 0.321 e. The van der Waals surface area contributed by atoms with Crippen molar-refractivity contribution in [1.29, 1.82) is 0 Å². The molecule has 2 N–H and O–H groups in total. The summed E-state index contributed by atoms with van der Waals surface area (Å²) in [5, 5.41) is 4.76. The predicted molar refractivity (Wildman–Crippen MR) is 111 cm³/mol. The summed E-state index contributed by atoms with van der Waals surface area (Å²) < 4.78 is 13.6. The zero-order valence-electron chi connectivity index (χ0n) is 16.4. The van der Waals surface area contributed by atoms with Crippen LogP contribution in [0.25, 0.3) is 11.3 Å². The lowest BCUT2D eigenvalue weighted by atomic mass is 10.0. The molecule has 1 atom stereocenters. The molecule has 0 spiro atoms. The molecule has 0 unspecified atom stereocenters.